The van der Waals surface area contributed by atoms with Gasteiger partial charge in [0.15, 0.2) is 0 Å². The third-order valence-corrected chi connectivity index (χ3v) is 1.64. The maximum absolute atomic E-state index is 12.5. The van der Waals surface area contributed by atoms with Gasteiger partial charge in [-0.2, -0.15) is 0 Å². The van der Waals surface area contributed by atoms with Crippen molar-refractivity contribution in [2.75, 3.05) is 6.54 Å². The molecule has 0 unspecified atom stereocenters. The molecule has 2 N–H and O–H groups in total. The van der Waals surface area contributed by atoms with Gasteiger partial charge in [-0.25, -0.2) is 4.39 Å². The van der Waals surface area contributed by atoms with E-state index in [9.17, 15) is 9.18 Å². The van der Waals surface area contributed by atoms with Gasteiger partial charge in [-0.1, -0.05) is 0 Å². The molecule has 1 fully saturated rings. The van der Waals surface area contributed by atoms with E-state index in [-0.39, 0.29) is 6.42 Å². The topological polar surface area (TPSA) is 49.3 Å². The number of carboxylic acids is 1. The number of piperidine rings is 1. The highest BCUT2D eigenvalue weighted by Crippen LogP contribution is 2.11. The highest BCUT2D eigenvalue weighted by atomic mass is 19.1. The molecular formula is C6H10FNO2. The summed E-state index contributed by atoms with van der Waals surface area (Å²) >= 11 is 0. The second-order valence-corrected chi connectivity index (χ2v) is 2.47. The van der Waals surface area contributed by atoms with Crippen LogP contribution in [0.1, 0.15) is 12.8 Å². The van der Waals surface area contributed by atoms with Crippen molar-refractivity contribution < 1.29 is 14.3 Å². The van der Waals surface area contributed by atoms with E-state index in [1.807, 2.05) is 0 Å². The minimum atomic E-state index is -0.956. The number of aliphatic carboxylic acids is 1. The zero-order valence-corrected chi connectivity index (χ0v) is 5.51. The molecule has 3 nitrogen and oxygen atoms in total. The Bertz CT molecular complexity index is 140. The lowest BCUT2D eigenvalue weighted by Crippen LogP contribution is -2.44. The summed E-state index contributed by atoms with van der Waals surface area (Å²) in [7, 11) is 0. The fourth-order valence-corrected chi connectivity index (χ4v) is 1.06. The molecule has 0 saturated carbocycles. The second kappa shape index (κ2) is 2.96. The van der Waals surface area contributed by atoms with Crippen molar-refractivity contribution in [3.8, 4) is 0 Å². The lowest BCUT2D eigenvalue weighted by atomic mass is 10.0. The van der Waals surface area contributed by atoms with Crippen molar-refractivity contribution in [1.29, 1.82) is 0 Å². The van der Waals surface area contributed by atoms with E-state index in [1.165, 1.54) is 0 Å². The SMILES string of the molecule is O=C(O)[C@@H]1C[C@@H](F)CCN1. The molecule has 0 aromatic heterocycles. The zero-order chi connectivity index (χ0) is 7.56. The van der Waals surface area contributed by atoms with Crippen LogP contribution >= 0.6 is 0 Å². The summed E-state index contributed by atoms with van der Waals surface area (Å²) in [5.74, 6) is -0.956. The third kappa shape index (κ3) is 1.67. The van der Waals surface area contributed by atoms with E-state index >= 15 is 0 Å². The Morgan fingerprint density at radius 1 is 1.70 bits per heavy atom. The molecule has 0 radical (unpaired) electrons. The maximum Gasteiger partial charge on any atom is 0.320 e. The van der Waals surface area contributed by atoms with E-state index in [2.05, 4.69) is 5.32 Å². The van der Waals surface area contributed by atoms with Crippen molar-refractivity contribution in [2.45, 2.75) is 25.1 Å². The average Bonchev–Trinajstić information content (AvgIpc) is 1.88. The number of hydrogen-bond donors (Lipinski definition) is 2. The number of hydrogen-bond acceptors (Lipinski definition) is 2. The molecule has 1 saturated heterocycles. The van der Waals surface area contributed by atoms with Gasteiger partial charge >= 0.3 is 5.97 Å². The van der Waals surface area contributed by atoms with Gasteiger partial charge in [-0.05, 0) is 13.0 Å². The first kappa shape index (κ1) is 7.47. The van der Waals surface area contributed by atoms with Gasteiger partial charge in [0.1, 0.15) is 12.2 Å². The van der Waals surface area contributed by atoms with E-state index in [1.54, 1.807) is 0 Å². The van der Waals surface area contributed by atoms with E-state index in [0.717, 1.165) is 0 Å². The Morgan fingerprint density at radius 3 is 2.80 bits per heavy atom. The standard InChI is InChI=1S/C6H10FNO2/c7-4-1-2-8-5(3-4)6(9)10/h4-5,8H,1-3H2,(H,9,10)/t4-,5-/m0/s1. The molecule has 0 bridgehead atoms. The largest absolute Gasteiger partial charge is 0.480 e. The molecule has 58 valence electrons. The number of carbonyl (C=O) groups is 1. The van der Waals surface area contributed by atoms with Crippen LogP contribution in [-0.4, -0.2) is 29.8 Å². The van der Waals surface area contributed by atoms with Crippen molar-refractivity contribution in [2.24, 2.45) is 0 Å². The average molecular weight is 147 g/mol. The Morgan fingerprint density at radius 2 is 2.40 bits per heavy atom. The minimum absolute atomic E-state index is 0.106. The summed E-state index contributed by atoms with van der Waals surface area (Å²) in [6, 6.07) is -0.677. The Hall–Kier alpha value is -0.640. The lowest BCUT2D eigenvalue weighted by Gasteiger charge is -2.22. The fraction of sp³-hybridized carbons (Fsp3) is 0.833. The number of carboxylic acid groups (broad SMARTS) is 1. The number of alkyl halides is 1. The minimum Gasteiger partial charge on any atom is -0.480 e. The molecule has 10 heavy (non-hydrogen) atoms. The summed E-state index contributed by atoms with van der Waals surface area (Å²) in [5, 5.41) is 11.1. The van der Waals surface area contributed by atoms with E-state index in [0.29, 0.717) is 13.0 Å². The molecule has 0 aromatic rings. The van der Waals surface area contributed by atoms with Crippen LogP contribution in [-0.2, 0) is 4.79 Å². The molecule has 1 rings (SSSR count). The summed E-state index contributed by atoms with van der Waals surface area (Å²) in [6.45, 7) is 0.470. The number of halogens is 1. The smallest absolute Gasteiger partial charge is 0.320 e. The predicted octanol–water partition coefficient (Wildman–Crippen LogP) is 0.161. The first-order chi connectivity index (χ1) is 4.70. The molecule has 1 aliphatic rings. The van der Waals surface area contributed by atoms with E-state index in [4.69, 9.17) is 5.11 Å². The van der Waals surface area contributed by atoms with Crippen LogP contribution in [0.3, 0.4) is 0 Å². The normalized spacial score (nSPS) is 33.7. The highest BCUT2D eigenvalue weighted by molar-refractivity contribution is 5.73. The molecule has 4 heteroatoms. The Balaban J connectivity index is 2.39. The predicted molar refractivity (Wildman–Crippen MR) is 33.6 cm³/mol. The molecule has 2 atom stereocenters. The van der Waals surface area contributed by atoms with Crippen LogP contribution in [0.15, 0.2) is 0 Å². The van der Waals surface area contributed by atoms with E-state index < -0.39 is 18.2 Å². The zero-order valence-electron chi connectivity index (χ0n) is 5.51. The third-order valence-electron chi connectivity index (χ3n) is 1.64. The van der Waals surface area contributed by atoms with Crippen LogP contribution in [0.4, 0.5) is 4.39 Å². The molecule has 0 aromatic carbocycles. The molecule has 0 spiro atoms. The number of nitrogens with one attached hydrogen (secondary N) is 1. The van der Waals surface area contributed by atoms with Gasteiger partial charge in [0.2, 0.25) is 0 Å². The molecule has 1 heterocycles. The molecule has 1 aliphatic heterocycles. The van der Waals surface area contributed by atoms with Crippen molar-refractivity contribution in [3.63, 3.8) is 0 Å². The first-order valence-electron chi connectivity index (χ1n) is 3.30. The van der Waals surface area contributed by atoms with Crippen LogP contribution in [0.25, 0.3) is 0 Å². The van der Waals surface area contributed by atoms with Crippen LogP contribution in [0.2, 0.25) is 0 Å². The monoisotopic (exact) mass is 147 g/mol. The van der Waals surface area contributed by atoms with Crippen molar-refractivity contribution in [3.05, 3.63) is 0 Å². The fourth-order valence-electron chi connectivity index (χ4n) is 1.06. The van der Waals surface area contributed by atoms with Crippen LogP contribution < -0.4 is 5.32 Å². The van der Waals surface area contributed by atoms with Gasteiger partial charge in [0, 0.05) is 6.42 Å². The summed E-state index contributed by atoms with van der Waals surface area (Å²) in [5.41, 5.74) is 0. The highest BCUT2D eigenvalue weighted by Gasteiger charge is 2.25. The number of rotatable bonds is 1. The van der Waals surface area contributed by atoms with Crippen LogP contribution in [0.5, 0.6) is 0 Å². The van der Waals surface area contributed by atoms with Gasteiger partial charge < -0.3 is 10.4 Å². The first-order valence-corrected chi connectivity index (χ1v) is 3.30. The van der Waals surface area contributed by atoms with Gasteiger partial charge in [-0.3, -0.25) is 4.79 Å². The summed E-state index contributed by atoms with van der Waals surface area (Å²) in [4.78, 5) is 10.3. The maximum atomic E-state index is 12.5. The summed E-state index contributed by atoms with van der Waals surface area (Å²) < 4.78 is 12.5. The lowest BCUT2D eigenvalue weighted by molar-refractivity contribution is -0.140. The Labute approximate surface area is 58.2 Å². The van der Waals surface area contributed by atoms with Crippen molar-refractivity contribution in [1.82, 2.24) is 5.32 Å². The van der Waals surface area contributed by atoms with Gasteiger partial charge in [0.05, 0.1) is 0 Å². The Kier molecular flexibility index (Phi) is 2.21. The summed E-state index contributed by atoms with van der Waals surface area (Å²) in [6.07, 6.45) is -0.401. The molecule has 0 amide bonds. The van der Waals surface area contributed by atoms with Crippen LogP contribution in [0, 0.1) is 0 Å². The van der Waals surface area contributed by atoms with Gasteiger partial charge in [0.25, 0.3) is 0 Å². The van der Waals surface area contributed by atoms with Crippen molar-refractivity contribution >= 4 is 5.97 Å². The molecular weight excluding hydrogens is 137 g/mol. The van der Waals surface area contributed by atoms with Gasteiger partial charge in [-0.15, -0.1) is 0 Å². The molecule has 0 aliphatic carbocycles. The quantitative estimate of drug-likeness (QED) is 0.555. The second-order valence-electron chi connectivity index (χ2n) is 2.47.